The summed E-state index contributed by atoms with van der Waals surface area (Å²) in [5.74, 6) is -1.91. The second kappa shape index (κ2) is 10.7. The molecule has 0 radical (unpaired) electrons. The number of halogens is 2. The monoisotopic (exact) mass is 585 g/mol. The van der Waals surface area contributed by atoms with Crippen molar-refractivity contribution in [3.05, 3.63) is 93.8 Å². The standard InChI is InChI=1S/C31H29F2N7O3/c1-18-17-43-30-27(33)25(32)10-24-28(30)40(18)15-21(29(24)41)14-39(13-19-5-6-34-26(8-19)42-2)22-4-3-7-38(16-22)23-9-20-11-36-37-31(20)35-12-23/h4-6,8-12,15,18H,3,7,13-14,16-17H2,1-2H3,(H,35,36,37). The van der Waals surface area contributed by atoms with Crippen LogP contribution in [0.25, 0.3) is 21.9 Å². The van der Waals surface area contributed by atoms with E-state index < -0.39 is 11.6 Å². The van der Waals surface area contributed by atoms with Crippen LogP contribution in [0.5, 0.6) is 11.6 Å². The first-order chi connectivity index (χ1) is 20.9. The third-order valence-corrected chi connectivity index (χ3v) is 8.11. The van der Waals surface area contributed by atoms with Crippen molar-refractivity contribution in [2.75, 3.05) is 31.7 Å². The number of nitrogens with one attached hydrogen (secondary N) is 1. The summed E-state index contributed by atoms with van der Waals surface area (Å²) in [4.78, 5) is 27.0. The molecule has 0 aliphatic carbocycles. The van der Waals surface area contributed by atoms with Crippen LogP contribution in [0.15, 0.2) is 65.6 Å². The number of aromatic nitrogens is 5. The van der Waals surface area contributed by atoms with E-state index in [9.17, 15) is 13.6 Å². The zero-order valence-electron chi connectivity index (χ0n) is 23.7. The number of H-pyrrole nitrogens is 1. The van der Waals surface area contributed by atoms with Gasteiger partial charge in [-0.15, -0.1) is 0 Å². The van der Waals surface area contributed by atoms with Crippen LogP contribution in [0.2, 0.25) is 0 Å². The maximum Gasteiger partial charge on any atom is 0.213 e. The van der Waals surface area contributed by atoms with Crippen molar-refractivity contribution >= 4 is 27.6 Å². The van der Waals surface area contributed by atoms with E-state index in [-0.39, 0.29) is 41.3 Å². The number of ether oxygens (including phenoxy) is 2. The van der Waals surface area contributed by atoms with Crippen LogP contribution in [0, 0.1) is 11.6 Å². The Morgan fingerprint density at radius 2 is 2.07 bits per heavy atom. The molecule has 1 N–H and O–H groups in total. The van der Waals surface area contributed by atoms with Crippen LogP contribution in [-0.2, 0) is 13.1 Å². The van der Waals surface area contributed by atoms with E-state index in [1.54, 1.807) is 25.7 Å². The molecule has 7 rings (SSSR count). The summed E-state index contributed by atoms with van der Waals surface area (Å²) in [7, 11) is 1.57. The molecule has 1 atom stereocenters. The molecule has 220 valence electrons. The van der Waals surface area contributed by atoms with Crippen LogP contribution >= 0.6 is 0 Å². The number of anilines is 1. The number of hydrogen-bond donors (Lipinski definition) is 1. The summed E-state index contributed by atoms with van der Waals surface area (Å²) in [6.45, 7) is 4.20. The molecule has 2 aliphatic rings. The summed E-state index contributed by atoms with van der Waals surface area (Å²) < 4.78 is 42.0. The van der Waals surface area contributed by atoms with Gasteiger partial charge in [0, 0.05) is 54.7 Å². The minimum absolute atomic E-state index is 0.0993. The summed E-state index contributed by atoms with van der Waals surface area (Å²) in [5.41, 5.74) is 4.06. The number of rotatable bonds is 7. The van der Waals surface area contributed by atoms with E-state index in [0.717, 1.165) is 47.0 Å². The Morgan fingerprint density at radius 1 is 1.19 bits per heavy atom. The van der Waals surface area contributed by atoms with Gasteiger partial charge in [0.25, 0.3) is 0 Å². The average molecular weight is 586 g/mol. The second-order valence-electron chi connectivity index (χ2n) is 10.9. The highest BCUT2D eigenvalue weighted by molar-refractivity contribution is 5.86. The molecule has 43 heavy (non-hydrogen) atoms. The van der Waals surface area contributed by atoms with Crippen LogP contribution in [0.1, 0.15) is 30.5 Å². The highest BCUT2D eigenvalue weighted by atomic mass is 19.2. The number of methoxy groups -OCH3 is 1. The number of aromatic amines is 1. The maximum atomic E-state index is 14.6. The van der Waals surface area contributed by atoms with E-state index in [0.29, 0.717) is 24.5 Å². The summed E-state index contributed by atoms with van der Waals surface area (Å²) in [6.07, 6.45) is 10.0. The molecular formula is C31H29F2N7O3. The Morgan fingerprint density at radius 3 is 2.93 bits per heavy atom. The SMILES string of the molecule is COc1cc(CN(Cc2cn3c4c(c(F)c(F)cc4c2=O)OCC3C)C2=CCCN(c3cnc4[nH]ncc4c3)C2)ccn1. The van der Waals surface area contributed by atoms with Gasteiger partial charge in [0.2, 0.25) is 11.7 Å². The molecule has 0 fully saturated rings. The second-order valence-corrected chi connectivity index (χ2v) is 10.9. The lowest BCUT2D eigenvalue weighted by molar-refractivity contribution is 0.232. The van der Waals surface area contributed by atoms with Gasteiger partial charge in [-0.3, -0.25) is 9.89 Å². The van der Waals surface area contributed by atoms with Gasteiger partial charge in [-0.25, -0.2) is 14.4 Å². The summed E-state index contributed by atoms with van der Waals surface area (Å²) in [6, 6.07) is 6.64. The topological polar surface area (TPSA) is 101 Å². The molecule has 12 heteroatoms. The summed E-state index contributed by atoms with van der Waals surface area (Å²) >= 11 is 0. The first-order valence-corrected chi connectivity index (χ1v) is 14.0. The zero-order valence-corrected chi connectivity index (χ0v) is 23.7. The molecule has 0 amide bonds. The molecule has 4 aromatic heterocycles. The van der Waals surface area contributed by atoms with E-state index >= 15 is 0 Å². The van der Waals surface area contributed by atoms with Gasteiger partial charge >= 0.3 is 0 Å². The van der Waals surface area contributed by atoms with Gasteiger partial charge in [0.15, 0.2) is 22.6 Å². The third kappa shape index (κ3) is 4.82. The van der Waals surface area contributed by atoms with E-state index in [4.69, 9.17) is 9.47 Å². The normalized spacial score (nSPS) is 16.3. The van der Waals surface area contributed by atoms with Crippen LogP contribution in [-0.4, -0.2) is 56.4 Å². The average Bonchev–Trinajstić information content (AvgIpc) is 3.50. The van der Waals surface area contributed by atoms with Crippen molar-refractivity contribution < 1.29 is 18.3 Å². The van der Waals surface area contributed by atoms with Crippen molar-refractivity contribution in [3.8, 4) is 11.6 Å². The molecule has 1 unspecified atom stereocenters. The van der Waals surface area contributed by atoms with Gasteiger partial charge in [0.05, 0.1) is 48.7 Å². The molecule has 5 aromatic rings. The fraction of sp³-hybridized carbons (Fsp3) is 0.290. The number of hydrogen-bond acceptors (Lipinski definition) is 8. The number of pyridine rings is 3. The first-order valence-electron chi connectivity index (χ1n) is 14.0. The molecule has 1 aromatic carbocycles. The molecule has 0 bridgehead atoms. The number of fused-ring (bicyclic) bond motifs is 1. The minimum atomic E-state index is -1.10. The van der Waals surface area contributed by atoms with Crippen molar-refractivity contribution in [2.45, 2.75) is 32.5 Å². The van der Waals surface area contributed by atoms with Gasteiger partial charge in [-0.2, -0.15) is 9.49 Å². The van der Waals surface area contributed by atoms with E-state index in [1.165, 1.54) is 0 Å². The Hall–Kier alpha value is -5.00. The predicted octanol–water partition coefficient (Wildman–Crippen LogP) is 4.70. The number of nitrogens with zero attached hydrogens (tertiary/aromatic N) is 6. The van der Waals surface area contributed by atoms with Crippen LogP contribution in [0.4, 0.5) is 14.5 Å². The molecule has 0 saturated heterocycles. The molecule has 0 saturated carbocycles. The smallest absolute Gasteiger partial charge is 0.213 e. The van der Waals surface area contributed by atoms with E-state index in [2.05, 4.69) is 42.1 Å². The zero-order chi connectivity index (χ0) is 29.7. The van der Waals surface area contributed by atoms with Crippen molar-refractivity contribution in [2.24, 2.45) is 0 Å². The fourth-order valence-corrected chi connectivity index (χ4v) is 5.88. The van der Waals surface area contributed by atoms with Gasteiger partial charge in [0.1, 0.15) is 6.61 Å². The van der Waals surface area contributed by atoms with Gasteiger partial charge in [-0.1, -0.05) is 6.08 Å². The molecule has 10 nitrogen and oxygen atoms in total. The molecular weight excluding hydrogens is 556 g/mol. The Kier molecular flexibility index (Phi) is 6.68. The Bertz CT molecular complexity index is 1950. The van der Waals surface area contributed by atoms with Gasteiger partial charge in [-0.05, 0) is 37.1 Å². The predicted molar refractivity (Wildman–Crippen MR) is 157 cm³/mol. The van der Waals surface area contributed by atoms with Crippen molar-refractivity contribution in [1.82, 2.24) is 29.6 Å². The van der Waals surface area contributed by atoms with E-state index in [1.807, 2.05) is 29.8 Å². The fourth-order valence-electron chi connectivity index (χ4n) is 5.88. The molecule has 6 heterocycles. The van der Waals surface area contributed by atoms with Crippen LogP contribution in [0.3, 0.4) is 0 Å². The van der Waals surface area contributed by atoms with Crippen LogP contribution < -0.4 is 19.8 Å². The highest BCUT2D eigenvalue weighted by Crippen LogP contribution is 2.36. The minimum Gasteiger partial charge on any atom is -0.486 e. The lowest BCUT2D eigenvalue weighted by Gasteiger charge is -2.36. The lowest BCUT2D eigenvalue weighted by Crippen LogP contribution is -2.37. The third-order valence-electron chi connectivity index (χ3n) is 8.11. The Labute approximate surface area is 245 Å². The molecule has 0 spiro atoms. The quantitative estimate of drug-likeness (QED) is 0.293. The van der Waals surface area contributed by atoms with Crippen molar-refractivity contribution in [3.63, 3.8) is 0 Å². The largest absolute Gasteiger partial charge is 0.486 e. The highest BCUT2D eigenvalue weighted by Gasteiger charge is 2.28. The maximum absolute atomic E-state index is 14.6. The van der Waals surface area contributed by atoms with Crippen molar-refractivity contribution in [1.29, 1.82) is 0 Å². The molecule has 2 aliphatic heterocycles. The Balaban J connectivity index is 1.28. The summed E-state index contributed by atoms with van der Waals surface area (Å²) in [5, 5.41) is 7.99. The lowest BCUT2D eigenvalue weighted by atomic mass is 10.1. The first kappa shape index (κ1) is 26.9. The number of benzene rings is 1. The van der Waals surface area contributed by atoms with Gasteiger partial charge < -0.3 is 23.8 Å².